The lowest BCUT2D eigenvalue weighted by atomic mass is 10.1. The molecular weight excluding hydrogens is 400 g/mol. The van der Waals surface area contributed by atoms with Crippen molar-refractivity contribution in [2.45, 2.75) is 32.5 Å². The molecule has 0 aliphatic carbocycles. The number of carbonyl (C=O) groups excluding carboxylic acids is 1. The van der Waals surface area contributed by atoms with Crippen LogP contribution in [0.3, 0.4) is 0 Å². The van der Waals surface area contributed by atoms with Crippen molar-refractivity contribution in [3.05, 3.63) is 59.0 Å². The van der Waals surface area contributed by atoms with E-state index in [1.54, 1.807) is 11.3 Å². The second-order valence-corrected chi connectivity index (χ2v) is 8.69. The average molecular weight is 423 g/mol. The number of fused-ring (bicyclic) bond motifs is 1. The van der Waals surface area contributed by atoms with Gasteiger partial charge < -0.3 is 9.88 Å². The number of benzene rings is 2. The molecule has 5 nitrogen and oxygen atoms in total. The number of anilines is 1. The van der Waals surface area contributed by atoms with E-state index in [1.165, 1.54) is 27.4 Å². The number of thiophene rings is 1. The topological polar surface area (TPSA) is 59.8 Å². The van der Waals surface area contributed by atoms with Crippen LogP contribution in [0.5, 0.6) is 0 Å². The summed E-state index contributed by atoms with van der Waals surface area (Å²) < 4.78 is 3.30. The minimum Gasteiger partial charge on any atom is -0.325 e. The molecule has 2 aromatic carbocycles. The molecule has 7 heteroatoms. The Morgan fingerprint density at radius 3 is 2.76 bits per heavy atom. The molecule has 0 atom stereocenters. The third kappa shape index (κ3) is 4.06. The van der Waals surface area contributed by atoms with Crippen molar-refractivity contribution in [1.29, 1.82) is 0 Å². The second kappa shape index (κ2) is 8.39. The molecule has 148 valence electrons. The first kappa shape index (κ1) is 19.7. The van der Waals surface area contributed by atoms with Crippen molar-refractivity contribution >= 4 is 44.8 Å². The van der Waals surface area contributed by atoms with Crippen molar-refractivity contribution in [1.82, 2.24) is 14.8 Å². The molecule has 0 spiro atoms. The monoisotopic (exact) mass is 422 g/mol. The van der Waals surface area contributed by atoms with Crippen LogP contribution >= 0.6 is 23.1 Å². The molecule has 2 aromatic heterocycles. The zero-order valence-corrected chi connectivity index (χ0v) is 18.2. The number of hydrogen-bond donors (Lipinski definition) is 1. The minimum absolute atomic E-state index is 0.0496. The van der Waals surface area contributed by atoms with Gasteiger partial charge in [0.25, 0.3) is 0 Å². The Bertz CT molecular complexity index is 1180. The molecule has 29 heavy (non-hydrogen) atoms. The Morgan fingerprint density at radius 2 is 1.97 bits per heavy atom. The molecular formula is C22H22N4OS2. The van der Waals surface area contributed by atoms with Crippen molar-refractivity contribution in [2.75, 3.05) is 11.1 Å². The molecule has 0 bridgehead atoms. The third-order valence-electron chi connectivity index (χ3n) is 4.88. The van der Waals surface area contributed by atoms with Gasteiger partial charge in [-0.1, -0.05) is 36.0 Å². The lowest BCUT2D eigenvalue weighted by Gasteiger charge is -2.09. The molecule has 0 radical (unpaired) electrons. The first-order chi connectivity index (χ1) is 14.1. The number of nitrogens with one attached hydrogen (secondary N) is 1. The summed E-state index contributed by atoms with van der Waals surface area (Å²) in [5, 5.41) is 15.8. The largest absolute Gasteiger partial charge is 0.325 e. The standard InChI is InChI=1S/C22H22N4OS2/c1-4-26-21(18-12-28-19-8-6-5-7-17(18)19)24-25-22(26)29-13-20(27)23-16-10-9-14(2)15(3)11-16/h5-12H,4,13H2,1-3H3,(H,23,27). The van der Waals surface area contributed by atoms with E-state index in [1.807, 2.05) is 37.3 Å². The number of hydrogen-bond acceptors (Lipinski definition) is 5. The van der Waals surface area contributed by atoms with Crippen molar-refractivity contribution in [2.24, 2.45) is 0 Å². The first-order valence-corrected chi connectivity index (χ1v) is 11.3. The van der Waals surface area contributed by atoms with E-state index in [0.29, 0.717) is 0 Å². The Hall–Kier alpha value is -2.64. The average Bonchev–Trinajstić information content (AvgIpc) is 3.32. The van der Waals surface area contributed by atoms with Crippen LogP contribution in [-0.2, 0) is 11.3 Å². The second-order valence-electron chi connectivity index (χ2n) is 6.83. The Morgan fingerprint density at radius 1 is 1.14 bits per heavy atom. The number of carbonyl (C=O) groups is 1. The highest BCUT2D eigenvalue weighted by atomic mass is 32.2. The highest BCUT2D eigenvalue weighted by Crippen LogP contribution is 2.34. The summed E-state index contributed by atoms with van der Waals surface area (Å²) in [6.07, 6.45) is 0. The number of rotatable bonds is 6. The smallest absolute Gasteiger partial charge is 0.234 e. The fourth-order valence-corrected chi connectivity index (χ4v) is 4.92. The SMILES string of the molecule is CCn1c(SCC(=O)Nc2ccc(C)c(C)c2)nnc1-c1csc2ccccc12. The van der Waals surface area contributed by atoms with Crippen LogP contribution in [0, 0.1) is 13.8 Å². The number of amides is 1. The maximum absolute atomic E-state index is 12.4. The molecule has 2 heterocycles. The van der Waals surface area contributed by atoms with Crippen LogP contribution in [0.25, 0.3) is 21.5 Å². The fraction of sp³-hybridized carbons (Fsp3) is 0.227. The summed E-state index contributed by atoms with van der Waals surface area (Å²) in [7, 11) is 0. The van der Waals surface area contributed by atoms with Gasteiger partial charge in [0.1, 0.15) is 0 Å². The molecule has 4 aromatic rings. The molecule has 0 unspecified atom stereocenters. The highest BCUT2D eigenvalue weighted by molar-refractivity contribution is 7.99. The fourth-order valence-electron chi connectivity index (χ4n) is 3.18. The van der Waals surface area contributed by atoms with Gasteiger partial charge in [-0.05, 0) is 50.1 Å². The van der Waals surface area contributed by atoms with Gasteiger partial charge in [-0.15, -0.1) is 21.5 Å². The Labute approximate surface area is 178 Å². The van der Waals surface area contributed by atoms with E-state index < -0.39 is 0 Å². The van der Waals surface area contributed by atoms with Gasteiger partial charge in [-0.3, -0.25) is 4.79 Å². The maximum atomic E-state index is 12.4. The summed E-state index contributed by atoms with van der Waals surface area (Å²) >= 11 is 3.12. The van der Waals surface area contributed by atoms with Crippen LogP contribution in [0.1, 0.15) is 18.1 Å². The first-order valence-electron chi connectivity index (χ1n) is 9.46. The van der Waals surface area contributed by atoms with Gasteiger partial charge in [0.2, 0.25) is 5.91 Å². The zero-order valence-electron chi connectivity index (χ0n) is 16.6. The van der Waals surface area contributed by atoms with Crippen molar-refractivity contribution in [3.8, 4) is 11.4 Å². The van der Waals surface area contributed by atoms with Gasteiger partial charge in [-0.2, -0.15) is 0 Å². The number of thioether (sulfide) groups is 1. The quantitative estimate of drug-likeness (QED) is 0.415. The maximum Gasteiger partial charge on any atom is 0.234 e. The molecule has 0 aliphatic rings. The molecule has 0 saturated carbocycles. The van der Waals surface area contributed by atoms with Gasteiger partial charge >= 0.3 is 0 Å². The van der Waals surface area contributed by atoms with E-state index in [2.05, 4.69) is 51.4 Å². The van der Waals surface area contributed by atoms with Gasteiger partial charge in [0.15, 0.2) is 11.0 Å². The molecule has 1 N–H and O–H groups in total. The number of aryl methyl sites for hydroxylation is 2. The highest BCUT2D eigenvalue weighted by Gasteiger charge is 2.17. The van der Waals surface area contributed by atoms with Gasteiger partial charge in [0.05, 0.1) is 5.75 Å². The Kier molecular flexibility index (Phi) is 5.69. The number of nitrogens with zero attached hydrogens (tertiary/aromatic N) is 3. The molecule has 0 saturated heterocycles. The van der Waals surface area contributed by atoms with E-state index in [9.17, 15) is 4.79 Å². The lowest BCUT2D eigenvalue weighted by Crippen LogP contribution is -2.14. The van der Waals surface area contributed by atoms with Gasteiger partial charge in [0, 0.05) is 33.3 Å². The number of aromatic nitrogens is 3. The summed E-state index contributed by atoms with van der Waals surface area (Å²) in [6.45, 7) is 6.91. The van der Waals surface area contributed by atoms with E-state index in [0.717, 1.165) is 34.3 Å². The normalized spacial score (nSPS) is 11.1. The van der Waals surface area contributed by atoms with E-state index >= 15 is 0 Å². The Balaban J connectivity index is 1.49. The van der Waals surface area contributed by atoms with Gasteiger partial charge in [-0.25, -0.2) is 0 Å². The van der Waals surface area contributed by atoms with Crippen LogP contribution in [0.15, 0.2) is 53.0 Å². The summed E-state index contributed by atoms with van der Waals surface area (Å²) in [4.78, 5) is 12.4. The summed E-state index contributed by atoms with van der Waals surface area (Å²) in [6, 6.07) is 14.2. The third-order valence-corrected chi connectivity index (χ3v) is 6.81. The zero-order chi connectivity index (χ0) is 20.4. The molecule has 0 fully saturated rings. The van der Waals surface area contributed by atoms with Crippen molar-refractivity contribution < 1.29 is 4.79 Å². The lowest BCUT2D eigenvalue weighted by molar-refractivity contribution is -0.113. The summed E-state index contributed by atoms with van der Waals surface area (Å²) in [5.74, 6) is 1.09. The predicted molar refractivity (Wildman–Crippen MR) is 122 cm³/mol. The van der Waals surface area contributed by atoms with Crippen LogP contribution in [-0.4, -0.2) is 26.4 Å². The van der Waals surface area contributed by atoms with Crippen molar-refractivity contribution in [3.63, 3.8) is 0 Å². The minimum atomic E-state index is -0.0496. The molecule has 0 aliphatic heterocycles. The van der Waals surface area contributed by atoms with Crippen LogP contribution in [0.2, 0.25) is 0 Å². The van der Waals surface area contributed by atoms with Crippen LogP contribution in [0.4, 0.5) is 5.69 Å². The summed E-state index contributed by atoms with van der Waals surface area (Å²) in [5.41, 5.74) is 4.28. The molecule has 1 amide bonds. The van der Waals surface area contributed by atoms with E-state index in [-0.39, 0.29) is 11.7 Å². The van der Waals surface area contributed by atoms with Crippen LogP contribution < -0.4 is 5.32 Å². The molecule has 4 rings (SSSR count). The van der Waals surface area contributed by atoms with E-state index in [4.69, 9.17) is 0 Å². The predicted octanol–water partition coefficient (Wildman–Crippen LogP) is 5.53.